The maximum absolute atomic E-state index is 5.90. The Morgan fingerprint density at radius 3 is 2.47 bits per heavy atom. The average Bonchev–Trinajstić information content (AvgIpc) is 2.30. The predicted octanol–water partition coefficient (Wildman–Crippen LogP) is 4.52. The maximum Gasteiger partial charge on any atom is 0.0467 e. The summed E-state index contributed by atoms with van der Waals surface area (Å²) in [6.07, 6.45) is 0. The molecule has 1 nitrogen and oxygen atoms in total. The summed E-state index contributed by atoms with van der Waals surface area (Å²) >= 11 is 7.59. The molecule has 17 heavy (non-hydrogen) atoms. The number of aryl methyl sites for hydroxylation is 1. The van der Waals surface area contributed by atoms with Crippen molar-refractivity contribution in [3.63, 3.8) is 0 Å². The summed E-state index contributed by atoms with van der Waals surface area (Å²) in [5.74, 6) is 0.923. The molecule has 2 N–H and O–H groups in total. The van der Waals surface area contributed by atoms with Crippen LogP contribution in [0.15, 0.2) is 47.4 Å². The molecule has 0 spiro atoms. The number of hydrogen-bond donors (Lipinski definition) is 1. The van der Waals surface area contributed by atoms with Crippen LogP contribution in [0.4, 0.5) is 5.69 Å². The van der Waals surface area contributed by atoms with E-state index in [9.17, 15) is 0 Å². The molecule has 0 aromatic heterocycles. The molecule has 2 aromatic carbocycles. The second-order valence-electron chi connectivity index (χ2n) is 3.96. The molecule has 0 unspecified atom stereocenters. The highest BCUT2D eigenvalue weighted by atomic mass is 35.5. The van der Waals surface area contributed by atoms with E-state index in [0.29, 0.717) is 5.02 Å². The van der Waals surface area contributed by atoms with Gasteiger partial charge in [-0.25, -0.2) is 0 Å². The van der Waals surface area contributed by atoms with Crippen molar-refractivity contribution in [3.05, 3.63) is 58.6 Å². The highest BCUT2D eigenvalue weighted by molar-refractivity contribution is 7.98. The van der Waals surface area contributed by atoms with Gasteiger partial charge in [-0.3, -0.25) is 0 Å². The Balaban J connectivity index is 2.04. The standard InChI is InChI=1S/C14H14ClNS/c1-10-2-4-11(5-3-10)9-17-14-7-6-12(15)8-13(14)16/h2-8H,9,16H2,1H3. The van der Waals surface area contributed by atoms with E-state index in [2.05, 4.69) is 31.2 Å². The highest BCUT2D eigenvalue weighted by Gasteiger charge is 2.01. The summed E-state index contributed by atoms with van der Waals surface area (Å²) in [4.78, 5) is 1.08. The molecule has 0 bridgehead atoms. The summed E-state index contributed by atoms with van der Waals surface area (Å²) in [5, 5.41) is 0.683. The fourth-order valence-corrected chi connectivity index (χ4v) is 2.58. The summed E-state index contributed by atoms with van der Waals surface area (Å²) in [6, 6.07) is 14.2. The van der Waals surface area contributed by atoms with Crippen molar-refractivity contribution in [3.8, 4) is 0 Å². The maximum atomic E-state index is 5.90. The van der Waals surface area contributed by atoms with Crippen LogP contribution in [0.5, 0.6) is 0 Å². The normalized spacial score (nSPS) is 10.5. The van der Waals surface area contributed by atoms with E-state index >= 15 is 0 Å². The van der Waals surface area contributed by atoms with Gasteiger partial charge in [0.15, 0.2) is 0 Å². The van der Waals surface area contributed by atoms with Gasteiger partial charge >= 0.3 is 0 Å². The first kappa shape index (κ1) is 12.3. The monoisotopic (exact) mass is 263 g/mol. The minimum atomic E-state index is 0.683. The number of rotatable bonds is 3. The van der Waals surface area contributed by atoms with Crippen LogP contribution in [0, 0.1) is 6.92 Å². The first-order chi connectivity index (χ1) is 8.15. The molecule has 0 saturated heterocycles. The lowest BCUT2D eigenvalue weighted by Crippen LogP contribution is -1.89. The second kappa shape index (κ2) is 5.48. The number of thioether (sulfide) groups is 1. The van der Waals surface area contributed by atoms with Crippen molar-refractivity contribution in [2.75, 3.05) is 5.73 Å². The quantitative estimate of drug-likeness (QED) is 0.651. The van der Waals surface area contributed by atoms with Crippen LogP contribution in [0.2, 0.25) is 5.02 Å². The topological polar surface area (TPSA) is 26.0 Å². The molecule has 0 radical (unpaired) electrons. The molecule has 0 saturated carbocycles. The Hall–Kier alpha value is -1.12. The van der Waals surface area contributed by atoms with Crippen molar-refractivity contribution in [2.45, 2.75) is 17.6 Å². The van der Waals surface area contributed by atoms with Gasteiger partial charge in [-0.05, 0) is 30.7 Å². The van der Waals surface area contributed by atoms with Crippen molar-refractivity contribution in [2.24, 2.45) is 0 Å². The van der Waals surface area contributed by atoms with E-state index in [1.165, 1.54) is 11.1 Å². The third-order valence-electron chi connectivity index (χ3n) is 2.49. The highest BCUT2D eigenvalue weighted by Crippen LogP contribution is 2.30. The molecule has 88 valence electrons. The van der Waals surface area contributed by atoms with Crippen molar-refractivity contribution in [1.82, 2.24) is 0 Å². The van der Waals surface area contributed by atoms with Gasteiger partial charge in [0.1, 0.15) is 0 Å². The molecular formula is C14H14ClNS. The van der Waals surface area contributed by atoms with Gasteiger partial charge in [0.2, 0.25) is 0 Å². The Morgan fingerprint density at radius 1 is 1.12 bits per heavy atom. The van der Waals surface area contributed by atoms with Crippen LogP contribution in [-0.4, -0.2) is 0 Å². The van der Waals surface area contributed by atoms with Crippen molar-refractivity contribution in [1.29, 1.82) is 0 Å². The van der Waals surface area contributed by atoms with Gasteiger partial charge < -0.3 is 5.73 Å². The van der Waals surface area contributed by atoms with Gasteiger partial charge in [0.05, 0.1) is 0 Å². The van der Waals surface area contributed by atoms with Crippen molar-refractivity contribution >= 4 is 29.1 Å². The molecule has 2 rings (SSSR count). The lowest BCUT2D eigenvalue weighted by Gasteiger charge is -2.06. The zero-order valence-electron chi connectivity index (χ0n) is 9.61. The largest absolute Gasteiger partial charge is 0.398 e. The Bertz CT molecular complexity index is 508. The van der Waals surface area contributed by atoms with E-state index in [-0.39, 0.29) is 0 Å². The van der Waals surface area contributed by atoms with Crippen LogP contribution >= 0.6 is 23.4 Å². The number of hydrogen-bond acceptors (Lipinski definition) is 2. The number of halogens is 1. The van der Waals surface area contributed by atoms with Crippen LogP contribution < -0.4 is 5.73 Å². The first-order valence-electron chi connectivity index (χ1n) is 5.38. The number of anilines is 1. The lowest BCUT2D eigenvalue weighted by atomic mass is 10.2. The van der Waals surface area contributed by atoms with E-state index in [1.807, 2.05) is 12.1 Å². The molecule has 0 aliphatic heterocycles. The fourth-order valence-electron chi connectivity index (χ4n) is 1.50. The van der Waals surface area contributed by atoms with Gasteiger partial charge in [0.25, 0.3) is 0 Å². The van der Waals surface area contributed by atoms with Crippen LogP contribution in [-0.2, 0) is 5.75 Å². The molecule has 0 heterocycles. The molecule has 0 aliphatic rings. The van der Waals surface area contributed by atoms with Gasteiger partial charge in [-0.1, -0.05) is 41.4 Å². The smallest absolute Gasteiger partial charge is 0.0467 e. The average molecular weight is 264 g/mol. The fraction of sp³-hybridized carbons (Fsp3) is 0.143. The van der Waals surface area contributed by atoms with Crippen molar-refractivity contribution < 1.29 is 0 Å². The van der Waals surface area contributed by atoms with E-state index < -0.39 is 0 Å². The summed E-state index contributed by atoms with van der Waals surface area (Å²) < 4.78 is 0. The summed E-state index contributed by atoms with van der Waals surface area (Å²) in [5.41, 5.74) is 9.23. The zero-order chi connectivity index (χ0) is 12.3. The van der Waals surface area contributed by atoms with Gasteiger partial charge in [-0.2, -0.15) is 0 Å². The molecule has 0 aliphatic carbocycles. The van der Waals surface area contributed by atoms with Crippen LogP contribution in [0.25, 0.3) is 0 Å². The number of benzene rings is 2. The molecule has 0 amide bonds. The third kappa shape index (κ3) is 3.42. The summed E-state index contributed by atoms with van der Waals surface area (Å²) in [7, 11) is 0. The minimum absolute atomic E-state index is 0.683. The van der Waals surface area contributed by atoms with E-state index in [4.69, 9.17) is 17.3 Å². The Morgan fingerprint density at radius 2 is 1.82 bits per heavy atom. The van der Waals surface area contributed by atoms with Crippen LogP contribution in [0.3, 0.4) is 0 Å². The molecule has 0 atom stereocenters. The third-order valence-corrected chi connectivity index (χ3v) is 3.88. The molecule has 0 fully saturated rings. The SMILES string of the molecule is Cc1ccc(CSc2ccc(Cl)cc2N)cc1. The molecular weight excluding hydrogens is 250 g/mol. The van der Waals surface area contributed by atoms with E-state index in [0.717, 1.165) is 16.3 Å². The molecule has 3 heteroatoms. The van der Waals surface area contributed by atoms with Gasteiger partial charge in [0, 0.05) is 21.4 Å². The number of nitrogens with two attached hydrogens (primary N) is 1. The minimum Gasteiger partial charge on any atom is -0.398 e. The summed E-state index contributed by atoms with van der Waals surface area (Å²) in [6.45, 7) is 2.09. The second-order valence-corrected chi connectivity index (χ2v) is 5.41. The lowest BCUT2D eigenvalue weighted by molar-refractivity contribution is 1.35. The predicted molar refractivity (Wildman–Crippen MR) is 76.6 cm³/mol. The van der Waals surface area contributed by atoms with Gasteiger partial charge in [-0.15, -0.1) is 11.8 Å². The van der Waals surface area contributed by atoms with E-state index in [1.54, 1.807) is 17.8 Å². The van der Waals surface area contributed by atoms with Crippen LogP contribution in [0.1, 0.15) is 11.1 Å². The Labute approximate surface area is 111 Å². The first-order valence-corrected chi connectivity index (χ1v) is 6.75. The Kier molecular flexibility index (Phi) is 3.97. The molecule has 2 aromatic rings. The zero-order valence-corrected chi connectivity index (χ0v) is 11.2. The number of nitrogen functional groups attached to an aromatic ring is 1.